The van der Waals surface area contributed by atoms with E-state index >= 15 is 0 Å². The Morgan fingerprint density at radius 1 is 1.26 bits per heavy atom. The number of ketones is 1. The summed E-state index contributed by atoms with van der Waals surface area (Å²) >= 11 is 0. The Labute approximate surface area is 187 Å². The lowest BCUT2D eigenvalue weighted by molar-refractivity contribution is -0.366. The van der Waals surface area contributed by atoms with Gasteiger partial charge in [-0.15, -0.1) is 0 Å². The molecule has 176 valence electrons. The number of fused-ring (bicyclic) bond motifs is 2. The molecule has 3 fully saturated rings. The predicted octanol–water partition coefficient (Wildman–Crippen LogP) is 4.79. The number of carbonyl (C=O) groups excluding carboxylic acids is 1. The van der Waals surface area contributed by atoms with E-state index in [0.29, 0.717) is 6.42 Å². The van der Waals surface area contributed by atoms with Crippen molar-refractivity contribution in [2.75, 3.05) is 14.2 Å². The normalized spacial score (nSPS) is 37.0. The van der Waals surface area contributed by atoms with E-state index in [9.17, 15) is 14.7 Å². The van der Waals surface area contributed by atoms with Gasteiger partial charge in [-0.05, 0) is 61.7 Å². The molecule has 2 bridgehead atoms. The maximum Gasteiger partial charge on any atom is 0.303 e. The number of methoxy groups -OCH3 is 2. The Balaban J connectivity index is 2.11. The molecule has 4 rings (SSSR count). The van der Waals surface area contributed by atoms with Crippen LogP contribution in [0.25, 0.3) is 0 Å². The summed E-state index contributed by atoms with van der Waals surface area (Å²) in [5, 5.41) is 9.36. The van der Waals surface area contributed by atoms with Crippen LogP contribution in [-0.4, -0.2) is 51.3 Å². The zero-order valence-electron chi connectivity index (χ0n) is 20.4. The molecule has 4 aliphatic carbocycles. The Morgan fingerprint density at radius 3 is 2.39 bits per heavy atom. The van der Waals surface area contributed by atoms with Gasteiger partial charge in [0, 0.05) is 31.5 Å². The molecule has 0 amide bonds. The number of carbonyl (C=O) groups is 2. The van der Waals surface area contributed by atoms with Crippen molar-refractivity contribution in [3.8, 4) is 0 Å². The van der Waals surface area contributed by atoms with Crippen molar-refractivity contribution in [3.63, 3.8) is 0 Å². The van der Waals surface area contributed by atoms with Crippen LogP contribution in [0.1, 0.15) is 59.8 Å². The Hall–Kier alpha value is -1.02. The summed E-state index contributed by atoms with van der Waals surface area (Å²) in [5.41, 5.74) is -1.28. The molecule has 0 aromatic carbocycles. The molecule has 0 aliphatic heterocycles. The maximum atomic E-state index is 13.1. The Kier molecular flexibility index (Phi) is 6.18. The summed E-state index contributed by atoms with van der Waals surface area (Å²) < 4.78 is 19.5. The molecule has 7 heteroatoms. The fourth-order valence-corrected chi connectivity index (χ4v) is 7.59. The number of carboxylic acids is 1. The lowest BCUT2D eigenvalue weighted by Crippen LogP contribution is -2.74. The highest BCUT2D eigenvalue weighted by molar-refractivity contribution is 6.74. The molecule has 0 heterocycles. The van der Waals surface area contributed by atoms with Gasteiger partial charge in [0.1, 0.15) is 6.10 Å². The van der Waals surface area contributed by atoms with Crippen molar-refractivity contribution < 1.29 is 28.6 Å². The monoisotopic (exact) mass is 452 g/mol. The summed E-state index contributed by atoms with van der Waals surface area (Å²) in [6.07, 6.45) is 6.38. The number of allylic oxidation sites excluding steroid dienone is 1. The fraction of sp³-hybridized carbons (Fsp3) is 0.833. The van der Waals surface area contributed by atoms with Gasteiger partial charge >= 0.3 is 5.97 Å². The lowest BCUT2D eigenvalue weighted by Gasteiger charge is -2.68. The van der Waals surface area contributed by atoms with Gasteiger partial charge < -0.3 is 19.0 Å². The van der Waals surface area contributed by atoms with Gasteiger partial charge in [0.15, 0.2) is 14.1 Å². The van der Waals surface area contributed by atoms with E-state index in [1.165, 1.54) is 0 Å². The first-order valence-corrected chi connectivity index (χ1v) is 14.4. The average Bonchev–Trinajstić information content (AvgIpc) is 2.69. The largest absolute Gasteiger partial charge is 0.481 e. The zero-order valence-corrected chi connectivity index (χ0v) is 21.4. The van der Waals surface area contributed by atoms with Gasteiger partial charge in [0.2, 0.25) is 5.79 Å². The third-order valence-electron chi connectivity index (χ3n) is 9.10. The van der Waals surface area contributed by atoms with E-state index in [2.05, 4.69) is 33.9 Å². The molecule has 0 aromatic rings. The minimum absolute atomic E-state index is 0.0138. The van der Waals surface area contributed by atoms with Crippen LogP contribution in [0.5, 0.6) is 0 Å². The third-order valence-corrected chi connectivity index (χ3v) is 13.6. The Morgan fingerprint density at radius 2 is 1.87 bits per heavy atom. The summed E-state index contributed by atoms with van der Waals surface area (Å²) in [7, 11) is 1.24. The highest BCUT2D eigenvalue weighted by atomic mass is 28.4. The maximum absolute atomic E-state index is 13.1. The van der Waals surface area contributed by atoms with Gasteiger partial charge in [0.05, 0.1) is 0 Å². The second kappa shape index (κ2) is 7.78. The number of aliphatic carboxylic acids is 1. The van der Waals surface area contributed by atoms with Gasteiger partial charge in [-0.25, -0.2) is 0 Å². The van der Waals surface area contributed by atoms with Crippen molar-refractivity contribution in [1.29, 1.82) is 0 Å². The van der Waals surface area contributed by atoms with E-state index < -0.39 is 30.9 Å². The number of carboxylic acid groups (broad SMARTS) is 1. The first kappa shape index (κ1) is 24.6. The number of hydrogen-bond acceptors (Lipinski definition) is 5. The molecular weight excluding hydrogens is 412 g/mol. The molecule has 31 heavy (non-hydrogen) atoms. The summed E-state index contributed by atoms with van der Waals surface area (Å²) in [5.74, 6) is -1.71. The second-order valence-corrected chi connectivity index (χ2v) is 16.3. The molecule has 1 spiro atoms. The highest BCUT2D eigenvalue weighted by Crippen LogP contribution is 2.68. The molecule has 6 nitrogen and oxygen atoms in total. The summed E-state index contributed by atoms with van der Waals surface area (Å²) in [4.78, 5) is 24.5. The highest BCUT2D eigenvalue weighted by Gasteiger charge is 2.73. The van der Waals surface area contributed by atoms with Crippen LogP contribution < -0.4 is 0 Å². The predicted molar refractivity (Wildman–Crippen MR) is 121 cm³/mol. The van der Waals surface area contributed by atoms with E-state index in [1.807, 2.05) is 13.0 Å². The number of ether oxygens (including phenoxy) is 2. The van der Waals surface area contributed by atoms with Crippen LogP contribution >= 0.6 is 0 Å². The van der Waals surface area contributed by atoms with Crippen molar-refractivity contribution in [3.05, 3.63) is 12.2 Å². The standard InChI is InChI=1S/C24H40O6Si/c1-21(2,3)31(7,8)30-20-16-9-13-23(24(20,28-5)29-6)14-10-18(25)22(4,17(23)15-16)12-11-19(26)27/h10,14,16-17,20H,9,11-13,15H2,1-8H3,(H,26,27)/t16-,17?,20+,22-,23-/m0/s1. The van der Waals surface area contributed by atoms with E-state index in [4.69, 9.17) is 13.9 Å². The molecule has 0 aromatic heterocycles. The van der Waals surface area contributed by atoms with Crippen LogP contribution in [0.2, 0.25) is 18.1 Å². The molecule has 5 atom stereocenters. The van der Waals surface area contributed by atoms with Gasteiger partial charge in [-0.3, -0.25) is 9.59 Å². The van der Waals surface area contributed by atoms with Crippen LogP contribution in [0.4, 0.5) is 0 Å². The fourth-order valence-electron chi connectivity index (χ4n) is 6.25. The van der Waals surface area contributed by atoms with E-state index in [-0.39, 0.29) is 35.2 Å². The first-order chi connectivity index (χ1) is 14.2. The van der Waals surface area contributed by atoms with Crippen LogP contribution in [0.15, 0.2) is 12.2 Å². The van der Waals surface area contributed by atoms with Crippen LogP contribution in [-0.2, 0) is 23.5 Å². The lowest BCUT2D eigenvalue weighted by atomic mass is 9.42. The van der Waals surface area contributed by atoms with Crippen molar-refractivity contribution in [1.82, 2.24) is 0 Å². The smallest absolute Gasteiger partial charge is 0.303 e. The topological polar surface area (TPSA) is 82.1 Å². The Bertz CT molecular complexity index is 765. The van der Waals surface area contributed by atoms with Crippen molar-refractivity contribution >= 4 is 20.1 Å². The van der Waals surface area contributed by atoms with Crippen molar-refractivity contribution in [2.24, 2.45) is 22.7 Å². The molecule has 1 N–H and O–H groups in total. The second-order valence-electron chi connectivity index (χ2n) is 11.5. The first-order valence-electron chi connectivity index (χ1n) is 11.4. The van der Waals surface area contributed by atoms with Crippen molar-refractivity contribution in [2.45, 2.75) is 89.8 Å². The molecule has 4 aliphatic rings. The molecule has 0 saturated heterocycles. The molecule has 0 radical (unpaired) electrons. The molecule has 1 unspecified atom stereocenters. The third kappa shape index (κ3) is 3.47. The minimum Gasteiger partial charge on any atom is -0.481 e. The van der Waals surface area contributed by atoms with E-state index in [0.717, 1.165) is 19.3 Å². The number of rotatable bonds is 7. The summed E-state index contributed by atoms with van der Waals surface area (Å²) in [6, 6.07) is 0. The quantitative estimate of drug-likeness (QED) is 0.442. The number of hydrogen-bond donors (Lipinski definition) is 1. The van der Waals surface area contributed by atoms with E-state index in [1.54, 1.807) is 20.3 Å². The molecular formula is C24H40O6Si. The van der Waals surface area contributed by atoms with Gasteiger partial charge in [0.25, 0.3) is 0 Å². The zero-order chi connectivity index (χ0) is 23.5. The summed E-state index contributed by atoms with van der Waals surface area (Å²) in [6.45, 7) is 13.1. The molecule has 3 saturated carbocycles. The van der Waals surface area contributed by atoms with Gasteiger partial charge in [-0.2, -0.15) is 0 Å². The SMILES string of the molecule is COC1(OC)[C@H](O[Si](C)(C)C(C)(C)C)[C@H]2CC[C@@]13C=CC(=O)[C@@](C)(CCC(=O)O)C3C2. The van der Waals surface area contributed by atoms with Gasteiger partial charge in [-0.1, -0.05) is 33.8 Å². The van der Waals surface area contributed by atoms with Crippen LogP contribution in [0, 0.1) is 22.7 Å². The average molecular weight is 453 g/mol. The minimum atomic E-state index is -2.12. The van der Waals surface area contributed by atoms with Crippen LogP contribution in [0.3, 0.4) is 0 Å².